The van der Waals surface area contributed by atoms with Crippen molar-refractivity contribution >= 4 is 88.2 Å². The number of carbonyl (C=O) groups is 12. The number of aliphatic hydroxyl groups excluding tert-OH is 2. The van der Waals surface area contributed by atoms with Crippen LogP contribution in [-0.2, 0) is 59.2 Å². The molecule has 2 aromatic carbocycles. The first-order chi connectivity index (χ1) is 47.5. The van der Waals surface area contributed by atoms with E-state index in [0.29, 0.717) is 41.2 Å². The third-order valence-electron chi connectivity index (χ3n) is 17.0. The van der Waals surface area contributed by atoms with E-state index in [-0.39, 0.29) is 93.4 Å². The second kappa shape index (κ2) is 39.5. The van der Waals surface area contributed by atoms with Gasteiger partial charge in [-0.1, -0.05) is 58.0 Å². The van der Waals surface area contributed by atoms with Crippen molar-refractivity contribution in [2.45, 2.75) is 167 Å². The lowest BCUT2D eigenvalue weighted by Gasteiger charge is -2.28. The summed E-state index contributed by atoms with van der Waals surface area (Å²) in [5.41, 5.74) is 26.2. The fourth-order valence-electron chi connectivity index (χ4n) is 11.5. The van der Waals surface area contributed by atoms with Crippen molar-refractivity contribution in [3.05, 3.63) is 88.0 Å². The molecule has 1 fully saturated rings. The zero-order valence-corrected chi connectivity index (χ0v) is 58.0. The largest absolute Gasteiger partial charge is 0.391 e. The number of carbonyl (C=O) groups excluding carboxylic acids is 12. The predicted molar refractivity (Wildman–Crippen MR) is 370 cm³/mol. The molecule has 2 aliphatic heterocycles. The van der Waals surface area contributed by atoms with E-state index in [1.807, 2.05) is 13.8 Å². The van der Waals surface area contributed by atoms with Crippen LogP contribution in [0.2, 0.25) is 0 Å². The number of fused-ring (bicyclic) bond motifs is 1. The lowest BCUT2D eigenvalue weighted by molar-refractivity contribution is -0.136. The van der Waals surface area contributed by atoms with Crippen LogP contribution >= 0.6 is 0 Å². The second-order valence-corrected chi connectivity index (χ2v) is 25.2. The van der Waals surface area contributed by atoms with E-state index in [9.17, 15) is 72.1 Å². The van der Waals surface area contributed by atoms with E-state index in [1.54, 1.807) is 58.0 Å². The minimum Gasteiger partial charge on any atom is -0.391 e. The van der Waals surface area contributed by atoms with Crippen LogP contribution < -0.4 is 86.3 Å². The fraction of sp³-hybridized carbons (Fsp3) is 0.552. The monoisotopic (exact) mass is 1400 g/mol. The standard InChI is InChI=1S/C67H101FN18O14/c1-9-85(10-2)29-28-74-64(97)54-36(5)49(75-37(54)6)33-43-42-32-41(68)16-17-52(42)86(67(43)100)34-53(89)83-56(39(8)88)66(99)80-46(20-25-71)58(91)79-48-22-27-73-65(98)55(38(7)87)84-61(94)47(21-26-72)77-57(90)44(18-23-69)78-62(95)50(30-35(3)4)81-63(96)51(31-40-14-12-11-13-15-40)82-59(92)45(19-24-70)76-60(48)93/h11-17,32-33,35,38-39,44-48,50-51,55-56,75,87-88H,9-10,18-31,34,69-72H2,1-8H3,(H,73,98)(H,74,97)(H,76,93)(H,77,90)(H,78,95)(H,79,91)(H,80,99)(H,81,96)(H,82,92)(H,83,89)(H,84,94)/b43-33-/t38?,39?,44-,45?,46?,47-,48-,50-,51?,55-,56-/m0/s1. The number of nitrogens with zero attached hydrogens (tertiary/aromatic N) is 2. The van der Waals surface area contributed by atoms with Gasteiger partial charge in [-0.3, -0.25) is 62.4 Å². The average Bonchev–Trinajstić information content (AvgIpc) is 1.61. The molecule has 11 atom stereocenters. The SMILES string of the molecule is CCN(CC)CCNC(=O)c1c(C)[nH]c(/C=C2\C(=O)N(CC(=O)N[C@H](C(=O)NC(CCN)C(=O)N[C@H]3CCNC(=O)[C@H](C(C)O)NC(=O)[C@H](CCN)NC(=O)[C@H](CCN)NC(=O)[C@H](CC(C)C)NC(=O)C(Cc4ccccc4)NC(=O)C(CCN)NC3=O)C(C)O)c3ccc(F)cc32)c1C. The highest BCUT2D eigenvalue weighted by Crippen LogP contribution is 2.39. The number of benzene rings is 2. The maximum Gasteiger partial charge on any atom is 0.259 e. The minimum atomic E-state index is -1.83. The molecule has 0 saturated carbocycles. The van der Waals surface area contributed by atoms with Gasteiger partial charge >= 0.3 is 0 Å². The molecule has 5 rings (SSSR count). The number of likely N-dealkylation sites (N-methyl/N-ethyl adjacent to an activating group) is 1. The molecular weight excluding hydrogens is 1300 g/mol. The van der Waals surface area contributed by atoms with Crippen molar-refractivity contribution in [1.29, 1.82) is 0 Å². The molecule has 5 unspecified atom stereocenters. The Morgan fingerprint density at radius 2 is 1.26 bits per heavy atom. The first-order valence-corrected chi connectivity index (χ1v) is 33.7. The smallest absolute Gasteiger partial charge is 0.259 e. The molecule has 12 amide bonds. The summed E-state index contributed by atoms with van der Waals surface area (Å²) < 4.78 is 15.0. The number of hydrogen-bond donors (Lipinski definition) is 18. The lowest BCUT2D eigenvalue weighted by Crippen LogP contribution is -2.61. The Labute approximate surface area is 580 Å². The highest BCUT2D eigenvalue weighted by atomic mass is 19.1. The van der Waals surface area contributed by atoms with Crippen LogP contribution in [-0.4, -0.2) is 223 Å². The van der Waals surface area contributed by atoms with Crippen molar-refractivity contribution in [2.75, 3.05) is 70.3 Å². The van der Waals surface area contributed by atoms with Crippen LogP contribution in [0, 0.1) is 25.6 Å². The number of aryl methyl sites for hydroxylation is 1. The van der Waals surface area contributed by atoms with Crippen LogP contribution in [0.4, 0.5) is 10.1 Å². The normalized spacial score (nSPS) is 21.7. The fourth-order valence-corrected chi connectivity index (χ4v) is 11.5. The number of rotatable bonds is 28. The predicted octanol–water partition coefficient (Wildman–Crippen LogP) is -3.94. The van der Waals surface area contributed by atoms with Gasteiger partial charge < -0.3 is 102 Å². The first kappa shape index (κ1) is 81.4. The third kappa shape index (κ3) is 23.2. The molecule has 0 aliphatic carbocycles. The van der Waals surface area contributed by atoms with Gasteiger partial charge in [-0.2, -0.15) is 0 Å². The third-order valence-corrected chi connectivity index (χ3v) is 17.0. The lowest BCUT2D eigenvalue weighted by atomic mass is 10.00. The van der Waals surface area contributed by atoms with Crippen molar-refractivity contribution in [1.82, 2.24) is 68.4 Å². The number of aliphatic hydroxyl groups is 2. The van der Waals surface area contributed by atoms with Gasteiger partial charge in [0.05, 0.1) is 29.0 Å². The highest BCUT2D eigenvalue weighted by molar-refractivity contribution is 6.36. The van der Waals surface area contributed by atoms with Crippen molar-refractivity contribution in [3.8, 4) is 0 Å². The van der Waals surface area contributed by atoms with Crippen molar-refractivity contribution < 1.29 is 72.1 Å². The number of amides is 12. The Morgan fingerprint density at radius 3 is 1.82 bits per heavy atom. The summed E-state index contributed by atoms with van der Waals surface area (Å²) in [7, 11) is 0. The maximum absolute atomic E-state index is 15.0. The van der Waals surface area contributed by atoms with Gasteiger partial charge in [0.2, 0.25) is 59.1 Å². The summed E-state index contributed by atoms with van der Waals surface area (Å²) >= 11 is 0. The Morgan fingerprint density at radius 1 is 0.700 bits per heavy atom. The summed E-state index contributed by atoms with van der Waals surface area (Å²) in [4.78, 5) is 177. The molecule has 3 heterocycles. The number of nitrogens with two attached hydrogens (primary N) is 4. The van der Waals surface area contributed by atoms with E-state index in [1.165, 1.54) is 19.1 Å². The summed E-state index contributed by atoms with van der Waals surface area (Å²) in [5, 5.41) is 50.2. The summed E-state index contributed by atoms with van der Waals surface area (Å²) in [6.45, 7) is 13.8. The molecule has 22 N–H and O–H groups in total. The number of halogens is 1. The zero-order valence-electron chi connectivity index (χ0n) is 58.0. The molecule has 0 bridgehead atoms. The summed E-state index contributed by atoms with van der Waals surface area (Å²) in [6, 6.07) is -2.09. The van der Waals surface area contributed by atoms with Gasteiger partial charge in [0.15, 0.2) is 0 Å². The number of nitrogens with one attached hydrogen (secondary N) is 12. The molecule has 550 valence electrons. The molecule has 0 radical (unpaired) electrons. The Hall–Kier alpha value is -9.25. The summed E-state index contributed by atoms with van der Waals surface area (Å²) in [5.74, 6) is -11.8. The van der Waals surface area contributed by atoms with E-state index in [0.717, 1.165) is 37.0 Å². The molecule has 0 spiro atoms. The molecule has 33 heteroatoms. The van der Waals surface area contributed by atoms with Crippen LogP contribution in [0.3, 0.4) is 0 Å². The average molecular weight is 1400 g/mol. The highest BCUT2D eigenvalue weighted by Gasteiger charge is 2.40. The van der Waals surface area contributed by atoms with Gasteiger partial charge in [-0.05, 0) is 147 Å². The molecular formula is C67H101FN18O14. The quantitative estimate of drug-likeness (QED) is 0.0309. The number of aromatic nitrogens is 1. The topological polar surface area (TPSA) is 504 Å². The second-order valence-electron chi connectivity index (χ2n) is 25.2. The van der Waals surface area contributed by atoms with E-state index >= 15 is 0 Å². The van der Waals surface area contributed by atoms with E-state index in [4.69, 9.17) is 22.9 Å². The Kier molecular flexibility index (Phi) is 32.2. The molecule has 100 heavy (non-hydrogen) atoms. The Balaban J connectivity index is 1.44. The molecule has 1 saturated heterocycles. The molecule has 3 aromatic rings. The van der Waals surface area contributed by atoms with Gasteiger partial charge in [0.25, 0.3) is 11.8 Å². The van der Waals surface area contributed by atoms with Gasteiger partial charge in [0, 0.05) is 43.0 Å². The van der Waals surface area contributed by atoms with Gasteiger partial charge in [-0.25, -0.2) is 4.39 Å². The number of aromatic amines is 1. The number of hydrogen-bond acceptors (Lipinski definition) is 19. The molecule has 2 aliphatic rings. The Bertz CT molecular complexity index is 3400. The van der Waals surface area contributed by atoms with Crippen LogP contribution in [0.1, 0.15) is 119 Å². The molecule has 1 aromatic heterocycles. The van der Waals surface area contributed by atoms with E-state index < -0.39 is 157 Å². The summed E-state index contributed by atoms with van der Waals surface area (Å²) in [6.07, 6.45) is -3.41. The first-order valence-electron chi connectivity index (χ1n) is 33.7. The maximum atomic E-state index is 15.0. The molecule has 32 nitrogen and oxygen atoms in total. The van der Waals surface area contributed by atoms with Crippen LogP contribution in [0.15, 0.2) is 48.5 Å². The van der Waals surface area contributed by atoms with Crippen LogP contribution in [0.5, 0.6) is 0 Å². The number of H-pyrrole nitrogens is 1. The van der Waals surface area contributed by atoms with E-state index in [2.05, 4.69) is 68.4 Å². The van der Waals surface area contributed by atoms with Gasteiger partial charge in [-0.15, -0.1) is 0 Å². The van der Waals surface area contributed by atoms with Crippen molar-refractivity contribution in [2.24, 2.45) is 28.9 Å². The zero-order chi connectivity index (χ0) is 74.1. The van der Waals surface area contributed by atoms with Crippen molar-refractivity contribution in [3.63, 3.8) is 0 Å². The number of anilines is 1. The van der Waals surface area contributed by atoms with Gasteiger partial charge in [0.1, 0.15) is 66.7 Å². The van der Waals surface area contributed by atoms with Crippen LogP contribution in [0.25, 0.3) is 11.6 Å². The minimum absolute atomic E-state index is 0.0242.